The van der Waals surface area contributed by atoms with E-state index in [0.29, 0.717) is 6.42 Å². The van der Waals surface area contributed by atoms with Crippen LogP contribution in [0, 0.1) is 16.7 Å². The molecule has 2 saturated heterocycles. The number of hydrogen-bond donors (Lipinski definition) is 1. The van der Waals surface area contributed by atoms with E-state index in [1.165, 1.54) is 19.3 Å². The van der Waals surface area contributed by atoms with Gasteiger partial charge in [-0.2, -0.15) is 0 Å². The quantitative estimate of drug-likeness (QED) is 0.415. The molecule has 3 fully saturated rings. The van der Waals surface area contributed by atoms with Gasteiger partial charge in [-0.25, -0.2) is 4.79 Å². The van der Waals surface area contributed by atoms with Gasteiger partial charge in [-0.1, -0.05) is 19.1 Å². The van der Waals surface area contributed by atoms with Crippen LogP contribution in [0.5, 0.6) is 0 Å². The van der Waals surface area contributed by atoms with Gasteiger partial charge in [0.05, 0.1) is 11.2 Å². The van der Waals surface area contributed by atoms with E-state index in [9.17, 15) is 18.9 Å². The number of esters is 2. The Balaban J connectivity index is 1.68. The van der Waals surface area contributed by atoms with Crippen LogP contribution in [-0.4, -0.2) is 62.8 Å². The lowest BCUT2D eigenvalue weighted by molar-refractivity contribution is -0.168. The highest BCUT2D eigenvalue weighted by atomic mass is 32.2. The van der Waals surface area contributed by atoms with E-state index in [-0.39, 0.29) is 17.6 Å². The number of ether oxygens (including phenoxy) is 3. The average Bonchev–Trinajstić information content (AvgIpc) is 3.22. The minimum absolute atomic E-state index is 0.0573. The van der Waals surface area contributed by atoms with Crippen molar-refractivity contribution in [2.24, 2.45) is 16.7 Å². The Morgan fingerprint density at radius 2 is 2.04 bits per heavy atom. The number of fused-ring (bicyclic) bond motifs is 2. The number of cyclic esters (lactones) is 1. The summed E-state index contributed by atoms with van der Waals surface area (Å²) in [4.78, 5) is 25.2. The third-order valence-corrected chi connectivity index (χ3v) is 8.31. The van der Waals surface area contributed by atoms with Crippen LogP contribution in [-0.2, 0) is 34.6 Å². The first-order chi connectivity index (χ1) is 13.0. The molecule has 8 heteroatoms. The molecule has 9 atom stereocenters. The fourth-order valence-electron chi connectivity index (χ4n) is 6.38. The number of rotatable bonds is 3. The fraction of sp³-hybridized carbons (Fsp3) is 0.700. The molecule has 1 N–H and O–H groups in total. The zero-order chi connectivity index (χ0) is 20.3. The van der Waals surface area contributed by atoms with Gasteiger partial charge in [0.15, 0.2) is 11.7 Å². The predicted molar refractivity (Wildman–Crippen MR) is 98.5 cm³/mol. The second kappa shape index (κ2) is 5.15. The summed E-state index contributed by atoms with van der Waals surface area (Å²) < 4.78 is 29.4. The molecule has 3 unspecified atom stereocenters. The van der Waals surface area contributed by atoms with Gasteiger partial charge in [-0.15, -0.1) is 0 Å². The summed E-state index contributed by atoms with van der Waals surface area (Å²) >= 11 is 0. The second-order valence-electron chi connectivity index (χ2n) is 9.44. The second-order valence-corrected chi connectivity index (χ2v) is 10.9. The van der Waals surface area contributed by atoms with E-state index < -0.39 is 57.1 Å². The van der Waals surface area contributed by atoms with E-state index in [1.807, 2.05) is 26.0 Å². The summed E-state index contributed by atoms with van der Waals surface area (Å²) in [6.45, 7) is 5.42. The topological polar surface area (TPSA) is 102 Å². The zero-order valence-electron chi connectivity index (χ0n) is 16.3. The molecule has 1 saturated carbocycles. The highest BCUT2D eigenvalue weighted by Gasteiger charge is 2.83. The summed E-state index contributed by atoms with van der Waals surface area (Å²) in [5.41, 5.74) is -3.18. The number of aliphatic hydroxyl groups is 1. The number of carbonyl (C=O) groups excluding carboxylic acids is 2. The molecular formula is C20H24O7S. The first-order valence-corrected chi connectivity index (χ1v) is 11.2. The van der Waals surface area contributed by atoms with Gasteiger partial charge in [0, 0.05) is 34.5 Å². The Morgan fingerprint density at radius 3 is 2.71 bits per heavy atom. The molecule has 0 aromatic heterocycles. The molecule has 7 nitrogen and oxygen atoms in total. The predicted octanol–water partition coefficient (Wildman–Crippen LogP) is 0.633. The van der Waals surface area contributed by atoms with Gasteiger partial charge >= 0.3 is 11.9 Å². The van der Waals surface area contributed by atoms with Crippen molar-refractivity contribution in [3.8, 4) is 0 Å². The molecule has 0 amide bonds. The monoisotopic (exact) mass is 408 g/mol. The highest BCUT2D eigenvalue weighted by Crippen LogP contribution is 2.72. The lowest BCUT2D eigenvalue weighted by Crippen LogP contribution is -2.64. The van der Waals surface area contributed by atoms with Crippen molar-refractivity contribution in [1.82, 2.24) is 0 Å². The van der Waals surface area contributed by atoms with Crippen LogP contribution in [0.3, 0.4) is 0 Å². The molecule has 152 valence electrons. The third-order valence-electron chi connectivity index (χ3n) is 7.32. The molecule has 0 aromatic carbocycles. The maximum absolute atomic E-state index is 12.7. The normalized spacial score (nSPS) is 51.0. The van der Waals surface area contributed by atoms with E-state index in [1.54, 1.807) is 0 Å². The maximum Gasteiger partial charge on any atom is 0.331 e. The van der Waals surface area contributed by atoms with Gasteiger partial charge in [0.2, 0.25) is 0 Å². The Kier molecular flexibility index (Phi) is 3.40. The molecule has 0 aromatic rings. The van der Waals surface area contributed by atoms with Crippen LogP contribution in [0.25, 0.3) is 0 Å². The van der Waals surface area contributed by atoms with Crippen LogP contribution in [0.1, 0.15) is 27.2 Å². The average molecular weight is 408 g/mol. The zero-order valence-corrected chi connectivity index (χ0v) is 17.1. The number of epoxide rings is 1. The summed E-state index contributed by atoms with van der Waals surface area (Å²) in [5.74, 6) is -1.07. The van der Waals surface area contributed by atoms with Crippen molar-refractivity contribution in [1.29, 1.82) is 0 Å². The van der Waals surface area contributed by atoms with Gasteiger partial charge in [0.1, 0.15) is 17.8 Å². The number of hydrogen-bond acceptors (Lipinski definition) is 7. The lowest BCUT2D eigenvalue weighted by Gasteiger charge is -2.53. The summed E-state index contributed by atoms with van der Waals surface area (Å²) in [5, 5.41) is 11.1. The molecular weight excluding hydrogens is 384 g/mol. The van der Waals surface area contributed by atoms with Crippen molar-refractivity contribution in [2.45, 2.75) is 56.7 Å². The summed E-state index contributed by atoms with van der Waals surface area (Å²) in [6.07, 6.45) is 5.47. The Morgan fingerprint density at radius 1 is 1.32 bits per heavy atom. The third kappa shape index (κ3) is 1.99. The van der Waals surface area contributed by atoms with Crippen molar-refractivity contribution < 1.29 is 33.1 Å². The minimum Gasteiger partial charge on any atom is -0.458 e. The van der Waals surface area contributed by atoms with E-state index in [0.717, 1.165) is 5.57 Å². The molecule has 0 radical (unpaired) electrons. The largest absolute Gasteiger partial charge is 0.458 e. The van der Waals surface area contributed by atoms with Crippen molar-refractivity contribution in [3.63, 3.8) is 0 Å². The first-order valence-electron chi connectivity index (χ1n) is 9.49. The van der Waals surface area contributed by atoms with Crippen molar-refractivity contribution in [2.75, 3.05) is 12.0 Å². The number of allylic oxidation sites excluding steroid dienone is 1. The van der Waals surface area contributed by atoms with E-state index in [2.05, 4.69) is 0 Å². The highest BCUT2D eigenvalue weighted by molar-refractivity contribution is 7.84. The Hall–Kier alpha value is -1.51. The van der Waals surface area contributed by atoms with E-state index in [4.69, 9.17) is 14.2 Å². The van der Waals surface area contributed by atoms with Gasteiger partial charge < -0.3 is 19.3 Å². The minimum atomic E-state index is -1.55. The van der Waals surface area contributed by atoms with Crippen LogP contribution in [0.2, 0.25) is 0 Å². The van der Waals surface area contributed by atoms with Gasteiger partial charge in [0.25, 0.3) is 0 Å². The molecule has 2 aliphatic carbocycles. The van der Waals surface area contributed by atoms with Crippen molar-refractivity contribution in [3.05, 3.63) is 23.8 Å². The van der Waals surface area contributed by atoms with Crippen LogP contribution < -0.4 is 0 Å². The van der Waals surface area contributed by atoms with Gasteiger partial charge in [-0.05, 0) is 25.8 Å². The SMILES string of the molecule is CS(=O)CC(C)(O)[C@H]1OC(=O)C=C2[C@@]13O[C@@H]3[C@H]1OC(=O)[C@@]3(C)C=CC[C@@]2(C)C13. The Labute approximate surface area is 165 Å². The van der Waals surface area contributed by atoms with Crippen LogP contribution >= 0.6 is 0 Å². The summed E-state index contributed by atoms with van der Waals surface area (Å²) in [6, 6.07) is 0. The van der Waals surface area contributed by atoms with Crippen LogP contribution in [0.4, 0.5) is 0 Å². The molecule has 28 heavy (non-hydrogen) atoms. The smallest absolute Gasteiger partial charge is 0.331 e. The molecule has 3 heterocycles. The maximum atomic E-state index is 12.7. The van der Waals surface area contributed by atoms with Gasteiger partial charge in [-0.3, -0.25) is 9.00 Å². The molecule has 3 aliphatic heterocycles. The van der Waals surface area contributed by atoms with Crippen molar-refractivity contribution >= 4 is 22.7 Å². The molecule has 5 aliphatic rings. The molecule has 1 spiro atoms. The molecule has 5 rings (SSSR count). The first kappa shape index (κ1) is 18.5. The Bertz CT molecular complexity index is 891. The van der Waals surface area contributed by atoms with Crippen LogP contribution in [0.15, 0.2) is 23.8 Å². The summed E-state index contributed by atoms with van der Waals surface area (Å²) in [7, 11) is -1.31. The fourth-order valence-corrected chi connectivity index (χ4v) is 7.36. The lowest BCUT2D eigenvalue weighted by atomic mass is 9.49. The standard InChI is InChI=1S/C20H24O7S/c1-17-6-5-7-18(2)13(17)12(26-16(18)22)14-20(27-14)10(17)8-11(21)25-15(20)19(3,23)9-28(4)24/h5,7-8,12-15,23H,6,9H2,1-4H3/t12-,13?,14+,15+,17+,18-,19?,20-,28?/m0/s1. The number of carbonyl (C=O) groups is 2. The molecule has 0 bridgehead atoms. The van der Waals surface area contributed by atoms with E-state index >= 15 is 0 Å².